The molecule has 0 radical (unpaired) electrons. The average molecular weight is 281 g/mol. The first-order valence-electron chi connectivity index (χ1n) is 6.58. The first kappa shape index (κ1) is 13.0. The molecule has 3 nitrogen and oxygen atoms in total. The molecule has 0 bridgehead atoms. The van der Waals surface area contributed by atoms with Crippen LogP contribution >= 0.6 is 11.6 Å². The third kappa shape index (κ3) is 2.16. The van der Waals surface area contributed by atoms with Crippen LogP contribution in [0.15, 0.2) is 28.7 Å². The van der Waals surface area contributed by atoms with Crippen molar-refractivity contribution in [3.05, 3.63) is 35.0 Å². The largest absolute Gasteiger partial charge is 0.458 e. The molecule has 19 heavy (non-hydrogen) atoms. The second-order valence-electron chi connectivity index (χ2n) is 5.19. The Balaban J connectivity index is 2.06. The lowest BCUT2D eigenvalue weighted by Gasteiger charge is -2.37. The predicted octanol–water partition coefficient (Wildman–Crippen LogP) is 3.86. The number of methoxy groups -OCH3 is 1. The van der Waals surface area contributed by atoms with Crippen molar-refractivity contribution in [1.29, 1.82) is 0 Å². The summed E-state index contributed by atoms with van der Waals surface area (Å²) in [5.74, 6) is 0.580. The zero-order valence-corrected chi connectivity index (χ0v) is 11.6. The average Bonchev–Trinajstić information content (AvgIpc) is 2.83. The molecule has 0 aliphatic heterocycles. The lowest BCUT2D eigenvalue weighted by molar-refractivity contribution is -0.132. The van der Waals surface area contributed by atoms with E-state index >= 15 is 0 Å². The molecular formula is C15H17ClO3. The summed E-state index contributed by atoms with van der Waals surface area (Å²) in [6, 6.07) is 7.33. The van der Waals surface area contributed by atoms with Crippen LogP contribution in [0.3, 0.4) is 0 Å². The number of halogens is 1. The van der Waals surface area contributed by atoms with Crippen LogP contribution in [0, 0.1) is 0 Å². The molecule has 2 atom stereocenters. The van der Waals surface area contributed by atoms with E-state index in [1.165, 1.54) is 0 Å². The minimum Gasteiger partial charge on any atom is -0.458 e. The van der Waals surface area contributed by atoms with Gasteiger partial charge in [-0.15, -0.1) is 0 Å². The Kier molecular flexibility index (Phi) is 3.29. The van der Waals surface area contributed by atoms with Gasteiger partial charge in [-0.05, 0) is 43.5 Å². The number of furan rings is 1. The van der Waals surface area contributed by atoms with Gasteiger partial charge in [-0.3, -0.25) is 0 Å². The van der Waals surface area contributed by atoms with Crippen molar-refractivity contribution < 1.29 is 14.3 Å². The second kappa shape index (κ2) is 4.82. The summed E-state index contributed by atoms with van der Waals surface area (Å²) in [4.78, 5) is 0. The maximum atomic E-state index is 10.9. The number of fused-ring (bicyclic) bond motifs is 1. The van der Waals surface area contributed by atoms with Gasteiger partial charge in [-0.2, -0.15) is 0 Å². The van der Waals surface area contributed by atoms with E-state index in [0.717, 1.165) is 30.2 Å². The van der Waals surface area contributed by atoms with Crippen LogP contribution in [0.1, 0.15) is 31.4 Å². The highest BCUT2D eigenvalue weighted by Crippen LogP contribution is 2.41. The zero-order valence-electron chi connectivity index (χ0n) is 10.9. The zero-order chi connectivity index (χ0) is 13.5. The fourth-order valence-corrected chi connectivity index (χ4v) is 3.13. The van der Waals surface area contributed by atoms with Crippen LogP contribution < -0.4 is 0 Å². The van der Waals surface area contributed by atoms with E-state index in [1.807, 2.05) is 18.2 Å². The quantitative estimate of drug-likeness (QED) is 0.908. The number of hydrogen-bond donors (Lipinski definition) is 1. The first-order chi connectivity index (χ1) is 9.13. The smallest absolute Gasteiger partial charge is 0.148 e. The van der Waals surface area contributed by atoms with Crippen molar-refractivity contribution in [2.75, 3.05) is 7.11 Å². The van der Waals surface area contributed by atoms with Gasteiger partial charge in [0.25, 0.3) is 0 Å². The minimum atomic E-state index is -1.03. The highest BCUT2D eigenvalue weighted by Gasteiger charge is 2.43. The molecule has 0 spiro atoms. The fraction of sp³-hybridized carbons (Fsp3) is 0.467. The lowest BCUT2D eigenvalue weighted by Crippen LogP contribution is -2.43. The molecule has 4 heteroatoms. The Hall–Kier alpha value is -1.03. The molecule has 1 aromatic carbocycles. The monoisotopic (exact) mass is 280 g/mol. The maximum Gasteiger partial charge on any atom is 0.148 e. The molecule has 1 fully saturated rings. The summed E-state index contributed by atoms with van der Waals surface area (Å²) in [6.07, 6.45) is 3.36. The summed E-state index contributed by atoms with van der Waals surface area (Å²) in [7, 11) is 1.64. The number of hydrogen-bond acceptors (Lipinski definition) is 3. The van der Waals surface area contributed by atoms with Gasteiger partial charge in [0.1, 0.15) is 16.9 Å². The fourth-order valence-electron chi connectivity index (χ4n) is 2.95. The van der Waals surface area contributed by atoms with E-state index < -0.39 is 5.60 Å². The molecule has 1 aliphatic rings. The van der Waals surface area contributed by atoms with E-state index in [2.05, 4.69) is 0 Å². The van der Waals surface area contributed by atoms with Crippen LogP contribution in [0.5, 0.6) is 0 Å². The number of ether oxygens (including phenoxy) is 1. The van der Waals surface area contributed by atoms with E-state index in [1.54, 1.807) is 13.2 Å². The van der Waals surface area contributed by atoms with E-state index in [9.17, 15) is 5.11 Å². The van der Waals surface area contributed by atoms with Gasteiger partial charge >= 0.3 is 0 Å². The molecule has 0 saturated heterocycles. The van der Waals surface area contributed by atoms with Crippen LogP contribution in [-0.2, 0) is 10.3 Å². The van der Waals surface area contributed by atoms with Gasteiger partial charge in [0.05, 0.1) is 6.10 Å². The van der Waals surface area contributed by atoms with Gasteiger partial charge in [0, 0.05) is 17.5 Å². The Morgan fingerprint density at radius 1 is 1.37 bits per heavy atom. The van der Waals surface area contributed by atoms with E-state index in [0.29, 0.717) is 17.2 Å². The van der Waals surface area contributed by atoms with Gasteiger partial charge in [-0.1, -0.05) is 18.0 Å². The molecular weight excluding hydrogens is 264 g/mol. The molecule has 1 aliphatic carbocycles. The van der Waals surface area contributed by atoms with Gasteiger partial charge < -0.3 is 14.3 Å². The predicted molar refractivity (Wildman–Crippen MR) is 74.4 cm³/mol. The number of benzene rings is 1. The summed E-state index contributed by atoms with van der Waals surface area (Å²) < 4.78 is 11.3. The van der Waals surface area contributed by atoms with Crippen molar-refractivity contribution in [3.8, 4) is 0 Å². The molecule has 3 rings (SSSR count). The normalized spacial score (nSPS) is 27.8. The summed E-state index contributed by atoms with van der Waals surface area (Å²) in [5, 5.41) is 12.5. The van der Waals surface area contributed by atoms with Gasteiger partial charge in [0.2, 0.25) is 0 Å². The molecule has 1 saturated carbocycles. The van der Waals surface area contributed by atoms with Crippen molar-refractivity contribution in [1.82, 2.24) is 0 Å². The molecule has 1 aromatic heterocycles. The topological polar surface area (TPSA) is 42.6 Å². The molecule has 2 aromatic rings. The third-order valence-corrected chi connectivity index (χ3v) is 4.23. The maximum absolute atomic E-state index is 10.9. The molecule has 102 valence electrons. The molecule has 1 heterocycles. The number of rotatable bonds is 2. The Morgan fingerprint density at radius 3 is 3.00 bits per heavy atom. The van der Waals surface area contributed by atoms with Crippen molar-refractivity contribution >= 4 is 22.6 Å². The Bertz CT molecular complexity index is 592. The van der Waals surface area contributed by atoms with Crippen LogP contribution in [0.25, 0.3) is 11.0 Å². The van der Waals surface area contributed by atoms with Gasteiger partial charge in [-0.25, -0.2) is 0 Å². The Labute approximate surface area is 117 Å². The van der Waals surface area contributed by atoms with E-state index in [4.69, 9.17) is 20.8 Å². The first-order valence-corrected chi connectivity index (χ1v) is 6.96. The van der Waals surface area contributed by atoms with Crippen LogP contribution in [0.2, 0.25) is 5.02 Å². The molecule has 0 amide bonds. The number of aliphatic hydroxyl groups is 1. The van der Waals surface area contributed by atoms with Crippen molar-refractivity contribution in [2.45, 2.75) is 37.4 Å². The van der Waals surface area contributed by atoms with Crippen LogP contribution in [0.4, 0.5) is 0 Å². The summed E-state index contributed by atoms with van der Waals surface area (Å²) >= 11 is 5.98. The van der Waals surface area contributed by atoms with Gasteiger partial charge in [0.15, 0.2) is 0 Å². The van der Waals surface area contributed by atoms with Crippen molar-refractivity contribution in [2.24, 2.45) is 0 Å². The SMILES string of the molecule is COC1CCCCC1(O)c1cc2cc(Cl)ccc2o1. The standard InChI is InChI=1S/C15H17ClO3/c1-18-13-4-2-3-7-15(13,17)14-9-10-8-11(16)5-6-12(10)19-14/h5-6,8-9,13,17H,2-4,7H2,1H3. The Morgan fingerprint density at radius 2 is 2.21 bits per heavy atom. The lowest BCUT2D eigenvalue weighted by atomic mass is 9.80. The molecule has 2 unspecified atom stereocenters. The minimum absolute atomic E-state index is 0.211. The highest BCUT2D eigenvalue weighted by molar-refractivity contribution is 6.31. The van der Waals surface area contributed by atoms with E-state index in [-0.39, 0.29) is 6.10 Å². The third-order valence-electron chi connectivity index (χ3n) is 4.00. The van der Waals surface area contributed by atoms with Crippen molar-refractivity contribution in [3.63, 3.8) is 0 Å². The summed E-state index contributed by atoms with van der Waals surface area (Å²) in [5.41, 5.74) is -0.286. The molecule has 1 N–H and O–H groups in total. The van der Waals surface area contributed by atoms with Crippen LogP contribution in [-0.4, -0.2) is 18.3 Å². The highest BCUT2D eigenvalue weighted by atomic mass is 35.5. The summed E-state index contributed by atoms with van der Waals surface area (Å²) in [6.45, 7) is 0. The second-order valence-corrected chi connectivity index (χ2v) is 5.62.